The van der Waals surface area contributed by atoms with Gasteiger partial charge in [0.25, 0.3) is 0 Å². The van der Waals surface area contributed by atoms with Crippen molar-refractivity contribution in [2.24, 2.45) is 0 Å². The van der Waals surface area contributed by atoms with Crippen molar-refractivity contribution in [2.45, 2.75) is 30.5 Å². The fraction of sp³-hybridized carbons (Fsp3) is 0.167. The summed E-state index contributed by atoms with van der Waals surface area (Å²) < 4.78 is 8.02. The number of pyridine rings is 1. The third-order valence-corrected chi connectivity index (χ3v) is 6.32. The smallest absolute Gasteiger partial charge is 0.247 e. The quantitative estimate of drug-likeness (QED) is 0.330. The number of aryl methyl sites for hydroxylation is 1. The highest BCUT2D eigenvalue weighted by molar-refractivity contribution is 7.99. The standard InChI is InChI=1S/C24H19N5OS/c1-3-16-13-21(29-20-12-8-7-11-19(20)26-22(29)18(16)14-25)31-15(2)23-27-28-24(30-23)17-9-5-4-6-10-17/h4-13,15H,3H2,1-2H3/t15-/m1/s1. The second-order valence-corrected chi connectivity index (χ2v) is 8.54. The number of hydrogen-bond donors (Lipinski definition) is 0. The van der Waals surface area contributed by atoms with Crippen LogP contribution in [-0.4, -0.2) is 19.6 Å². The fourth-order valence-corrected chi connectivity index (χ4v) is 4.72. The van der Waals surface area contributed by atoms with Gasteiger partial charge in [-0.05, 0) is 49.2 Å². The van der Waals surface area contributed by atoms with E-state index in [1.807, 2.05) is 61.5 Å². The number of rotatable bonds is 5. The Hall–Kier alpha value is -3.63. The van der Waals surface area contributed by atoms with E-state index in [-0.39, 0.29) is 5.25 Å². The molecule has 0 radical (unpaired) electrons. The second kappa shape index (κ2) is 7.89. The van der Waals surface area contributed by atoms with Crippen molar-refractivity contribution >= 4 is 28.4 Å². The van der Waals surface area contributed by atoms with Gasteiger partial charge >= 0.3 is 0 Å². The fourth-order valence-electron chi connectivity index (χ4n) is 3.66. The Morgan fingerprint density at radius 1 is 1.10 bits per heavy atom. The van der Waals surface area contributed by atoms with Crippen molar-refractivity contribution in [1.82, 2.24) is 19.6 Å². The normalized spacial score (nSPS) is 12.3. The predicted molar refractivity (Wildman–Crippen MR) is 121 cm³/mol. The Labute approximate surface area is 183 Å². The predicted octanol–water partition coefficient (Wildman–Crippen LogP) is 5.82. The Balaban J connectivity index is 1.59. The number of fused-ring (bicyclic) bond motifs is 3. The molecule has 1 atom stereocenters. The Morgan fingerprint density at radius 2 is 1.87 bits per heavy atom. The summed E-state index contributed by atoms with van der Waals surface area (Å²) in [5, 5.41) is 19.2. The maximum Gasteiger partial charge on any atom is 0.247 e. The first kappa shape index (κ1) is 19.3. The summed E-state index contributed by atoms with van der Waals surface area (Å²) >= 11 is 1.62. The lowest BCUT2D eigenvalue weighted by Gasteiger charge is -2.13. The van der Waals surface area contributed by atoms with Crippen molar-refractivity contribution in [3.05, 3.63) is 77.7 Å². The molecule has 5 aromatic rings. The van der Waals surface area contributed by atoms with Crippen molar-refractivity contribution in [2.75, 3.05) is 0 Å². The molecule has 0 saturated heterocycles. The highest BCUT2D eigenvalue weighted by Crippen LogP contribution is 2.38. The van der Waals surface area contributed by atoms with E-state index in [1.165, 1.54) is 0 Å². The average Bonchev–Trinajstić information content (AvgIpc) is 3.45. The minimum absolute atomic E-state index is 0.0769. The molecule has 0 spiro atoms. The molecule has 0 N–H and O–H groups in total. The van der Waals surface area contributed by atoms with E-state index < -0.39 is 0 Å². The van der Waals surface area contributed by atoms with Crippen LogP contribution in [0.5, 0.6) is 0 Å². The van der Waals surface area contributed by atoms with E-state index in [9.17, 15) is 5.26 Å². The summed E-state index contributed by atoms with van der Waals surface area (Å²) in [6.07, 6.45) is 0.753. The number of para-hydroxylation sites is 2. The van der Waals surface area contributed by atoms with Crippen molar-refractivity contribution < 1.29 is 4.42 Å². The summed E-state index contributed by atoms with van der Waals surface area (Å²) in [7, 11) is 0. The van der Waals surface area contributed by atoms with Gasteiger partial charge in [-0.25, -0.2) is 4.98 Å². The van der Waals surface area contributed by atoms with Gasteiger partial charge < -0.3 is 4.42 Å². The lowest BCUT2D eigenvalue weighted by Crippen LogP contribution is -2.00. The van der Waals surface area contributed by atoms with Gasteiger partial charge in [0.1, 0.15) is 6.07 Å². The summed E-state index contributed by atoms with van der Waals surface area (Å²) in [4.78, 5) is 4.75. The molecular formula is C24H19N5OS. The van der Waals surface area contributed by atoms with E-state index in [1.54, 1.807) is 11.8 Å². The molecule has 5 rings (SSSR count). The summed E-state index contributed by atoms with van der Waals surface area (Å²) in [5.74, 6) is 1.07. The second-order valence-electron chi connectivity index (χ2n) is 7.18. The molecule has 31 heavy (non-hydrogen) atoms. The van der Waals surface area contributed by atoms with Crippen LogP contribution in [0, 0.1) is 11.3 Å². The number of nitrogens with zero attached hydrogens (tertiary/aromatic N) is 5. The van der Waals surface area contributed by atoms with Crippen molar-refractivity contribution in [3.63, 3.8) is 0 Å². The monoisotopic (exact) mass is 425 g/mol. The van der Waals surface area contributed by atoms with E-state index in [2.05, 4.69) is 33.7 Å². The van der Waals surface area contributed by atoms with Crippen LogP contribution < -0.4 is 0 Å². The van der Waals surface area contributed by atoms with E-state index >= 15 is 0 Å². The zero-order valence-corrected chi connectivity index (χ0v) is 17.9. The first-order valence-electron chi connectivity index (χ1n) is 10.1. The van der Waals surface area contributed by atoms with Crippen LogP contribution in [0.25, 0.3) is 28.1 Å². The van der Waals surface area contributed by atoms with Gasteiger partial charge in [-0.1, -0.05) is 49.0 Å². The third-order valence-electron chi connectivity index (χ3n) is 5.22. The lowest BCUT2D eigenvalue weighted by molar-refractivity contribution is 0.509. The van der Waals surface area contributed by atoms with Gasteiger partial charge in [0.15, 0.2) is 5.65 Å². The first-order valence-corrected chi connectivity index (χ1v) is 11.0. The number of nitriles is 1. The SMILES string of the molecule is CCc1cc(S[C@H](C)c2nnc(-c3ccccc3)o2)n2c(nc3ccccc32)c1C#N. The average molecular weight is 426 g/mol. The van der Waals surface area contributed by atoms with Crippen LogP contribution >= 0.6 is 11.8 Å². The molecule has 0 unspecified atom stereocenters. The van der Waals surface area contributed by atoms with Gasteiger partial charge in [-0.2, -0.15) is 5.26 Å². The Morgan fingerprint density at radius 3 is 2.65 bits per heavy atom. The molecule has 2 aromatic carbocycles. The number of thioether (sulfide) groups is 1. The van der Waals surface area contributed by atoms with Crippen LogP contribution in [0.2, 0.25) is 0 Å². The molecule has 0 saturated carbocycles. The van der Waals surface area contributed by atoms with Gasteiger partial charge in [0, 0.05) is 5.56 Å². The van der Waals surface area contributed by atoms with Crippen LogP contribution in [-0.2, 0) is 6.42 Å². The first-order chi connectivity index (χ1) is 15.2. The summed E-state index contributed by atoms with van der Waals surface area (Å²) in [5.41, 5.74) is 5.03. The van der Waals surface area contributed by atoms with E-state index in [0.29, 0.717) is 23.0 Å². The van der Waals surface area contributed by atoms with Crippen LogP contribution in [0.1, 0.15) is 36.1 Å². The van der Waals surface area contributed by atoms with E-state index in [4.69, 9.17) is 9.40 Å². The molecule has 0 bridgehead atoms. The molecule has 0 aliphatic rings. The molecule has 3 heterocycles. The molecule has 7 heteroatoms. The minimum Gasteiger partial charge on any atom is -0.419 e. The molecule has 152 valence electrons. The zero-order valence-electron chi connectivity index (χ0n) is 17.1. The maximum atomic E-state index is 9.79. The molecule has 6 nitrogen and oxygen atoms in total. The number of hydrogen-bond acceptors (Lipinski definition) is 6. The number of aromatic nitrogens is 4. The largest absolute Gasteiger partial charge is 0.419 e. The van der Waals surface area contributed by atoms with Crippen molar-refractivity contribution in [1.29, 1.82) is 5.26 Å². The molecule has 0 aliphatic heterocycles. The summed E-state index contributed by atoms with van der Waals surface area (Å²) in [6.45, 7) is 4.10. The highest BCUT2D eigenvalue weighted by atomic mass is 32.2. The lowest BCUT2D eigenvalue weighted by atomic mass is 10.1. The Bertz CT molecular complexity index is 1430. The molecule has 3 aromatic heterocycles. The maximum absolute atomic E-state index is 9.79. The molecular weight excluding hydrogens is 406 g/mol. The third kappa shape index (κ3) is 3.35. The van der Waals surface area contributed by atoms with Gasteiger partial charge in [0.05, 0.1) is 26.9 Å². The van der Waals surface area contributed by atoms with Crippen LogP contribution in [0.3, 0.4) is 0 Å². The summed E-state index contributed by atoms with van der Waals surface area (Å²) in [6, 6.07) is 22.1. The van der Waals surface area contributed by atoms with Gasteiger partial charge in [0.2, 0.25) is 11.8 Å². The zero-order chi connectivity index (χ0) is 21.4. The Kier molecular flexibility index (Phi) is 4.92. The van der Waals surface area contributed by atoms with Crippen LogP contribution in [0.4, 0.5) is 0 Å². The minimum atomic E-state index is -0.0769. The van der Waals surface area contributed by atoms with Crippen molar-refractivity contribution in [3.8, 4) is 17.5 Å². The van der Waals surface area contributed by atoms with E-state index in [0.717, 1.165) is 33.6 Å². The molecule has 0 amide bonds. The number of imidazole rings is 1. The molecule has 0 aliphatic carbocycles. The van der Waals surface area contributed by atoms with Crippen LogP contribution in [0.15, 0.2) is 70.1 Å². The topological polar surface area (TPSA) is 80.0 Å². The van der Waals surface area contributed by atoms with Gasteiger partial charge in [-0.15, -0.1) is 10.2 Å². The van der Waals surface area contributed by atoms with Gasteiger partial charge in [-0.3, -0.25) is 4.40 Å². The molecule has 0 fully saturated rings. The number of benzene rings is 2. The highest BCUT2D eigenvalue weighted by Gasteiger charge is 2.21.